The predicted molar refractivity (Wildman–Crippen MR) is 168 cm³/mol. The van der Waals surface area contributed by atoms with Gasteiger partial charge in [-0.05, 0) is 73.6 Å². The van der Waals surface area contributed by atoms with Crippen LogP contribution in [-0.4, -0.2) is 48.1 Å². The smallest absolute Gasteiger partial charge is 0.872 e. The van der Waals surface area contributed by atoms with Crippen LogP contribution >= 0.6 is 0 Å². The maximum atomic E-state index is 13.3. The molecule has 2 atom stereocenters. The average molecular weight is 626 g/mol. The van der Waals surface area contributed by atoms with E-state index in [0.29, 0.717) is 17.8 Å². The minimum absolute atomic E-state index is 0. The van der Waals surface area contributed by atoms with Crippen molar-refractivity contribution in [1.29, 1.82) is 0 Å². The van der Waals surface area contributed by atoms with Gasteiger partial charge in [-0.1, -0.05) is 115 Å². The molecule has 1 N–H and O–H groups in total. The van der Waals surface area contributed by atoms with E-state index in [1.807, 2.05) is 12.1 Å². The first-order valence-corrected chi connectivity index (χ1v) is 14.8. The van der Waals surface area contributed by atoms with Crippen LogP contribution in [0.5, 0.6) is 17.2 Å². The molecule has 0 aromatic heterocycles. The zero-order chi connectivity index (χ0) is 30.8. The van der Waals surface area contributed by atoms with Crippen LogP contribution in [0.15, 0.2) is 72.8 Å². The molecule has 0 heterocycles. The molecule has 3 aromatic rings. The van der Waals surface area contributed by atoms with E-state index in [9.17, 15) is 10.2 Å². The third kappa shape index (κ3) is 12.1. The minimum atomic E-state index is -0.136. The monoisotopic (exact) mass is 624 g/mol. The maximum Gasteiger partial charge on any atom is 2.00 e. The molecule has 0 spiro atoms. The number of nitrogens with zero attached hydrogens (tertiary/aromatic N) is 2. The Hall–Kier alpha value is -2.40. The Morgan fingerprint density at radius 1 is 0.738 bits per heavy atom. The maximum absolute atomic E-state index is 13.3. The van der Waals surface area contributed by atoms with Gasteiger partial charge in [-0.2, -0.15) is 0 Å². The number of benzene rings is 3. The minimum Gasteiger partial charge on any atom is -0.872 e. The third-order valence-electron chi connectivity index (χ3n) is 7.68. The van der Waals surface area contributed by atoms with Gasteiger partial charge in [-0.25, -0.2) is 0 Å². The van der Waals surface area contributed by atoms with Crippen LogP contribution in [0.1, 0.15) is 83.9 Å². The fourth-order valence-corrected chi connectivity index (χ4v) is 5.24. The Morgan fingerprint density at radius 3 is 1.62 bits per heavy atom. The summed E-state index contributed by atoms with van der Waals surface area (Å²) in [5.74, 6) is 0.629. The molecule has 0 saturated heterocycles. The first kappa shape index (κ1) is 37.6. The van der Waals surface area contributed by atoms with E-state index in [1.165, 1.54) is 43.4 Å². The van der Waals surface area contributed by atoms with Gasteiger partial charge < -0.3 is 20.2 Å². The molecular formula is C36H52N2O3Zn. The van der Waals surface area contributed by atoms with E-state index < -0.39 is 0 Å². The van der Waals surface area contributed by atoms with Gasteiger partial charge in [-0.15, -0.1) is 11.5 Å². The van der Waals surface area contributed by atoms with E-state index in [0.717, 1.165) is 17.7 Å². The summed E-state index contributed by atoms with van der Waals surface area (Å²) in [4.78, 5) is 4.80. The van der Waals surface area contributed by atoms with Crippen molar-refractivity contribution in [1.82, 2.24) is 9.80 Å². The van der Waals surface area contributed by atoms with Gasteiger partial charge in [0, 0.05) is 18.6 Å². The van der Waals surface area contributed by atoms with Crippen molar-refractivity contribution in [2.45, 2.75) is 96.7 Å². The van der Waals surface area contributed by atoms with Gasteiger partial charge in [0.15, 0.2) is 0 Å². The van der Waals surface area contributed by atoms with E-state index >= 15 is 0 Å². The second-order valence-electron chi connectivity index (χ2n) is 13.5. The molecular weight excluding hydrogens is 574 g/mol. The van der Waals surface area contributed by atoms with Gasteiger partial charge >= 0.3 is 19.5 Å². The first-order chi connectivity index (χ1) is 19.1. The van der Waals surface area contributed by atoms with Crippen LogP contribution in [0.25, 0.3) is 0 Å². The fraction of sp³-hybridized carbons (Fsp3) is 0.500. The molecule has 4 rings (SSSR count). The Kier molecular flexibility index (Phi) is 15.3. The van der Waals surface area contributed by atoms with Gasteiger partial charge in [-0.3, -0.25) is 4.90 Å². The molecule has 0 bridgehead atoms. The summed E-state index contributed by atoms with van der Waals surface area (Å²) in [7, 11) is 6.58. The molecule has 1 fully saturated rings. The summed E-state index contributed by atoms with van der Waals surface area (Å²) >= 11 is 0. The Labute approximate surface area is 268 Å². The van der Waals surface area contributed by atoms with Crippen molar-refractivity contribution >= 4 is 0 Å². The van der Waals surface area contributed by atoms with Gasteiger partial charge in [0.25, 0.3) is 0 Å². The van der Waals surface area contributed by atoms with E-state index in [4.69, 9.17) is 5.11 Å². The number of phenolic OH excluding ortho intramolecular Hbond substituents is 1. The van der Waals surface area contributed by atoms with Crippen LogP contribution in [-0.2, 0) is 36.9 Å². The standard InChI is InChI=1S/C24H42N2O.2C6H6O.Zn/c1-23(2,3)18-14-17(22(27)19(15-18)24(4,5)6)16-26(9)21-13-11-10-12-20(21)25(7)8;2*7-6-4-2-1-3-5-6;/h14-15,20-21,27H,10-13,16H2,1-9H3;2*1-5,7H;/q;;;+2/p-2/t20-,21-;;;/m1.../s1. The number of hydrogen-bond donors (Lipinski definition) is 1. The zero-order valence-corrected chi connectivity index (χ0v) is 30.5. The summed E-state index contributed by atoms with van der Waals surface area (Å²) in [6.07, 6.45) is 5.08. The quantitative estimate of drug-likeness (QED) is 0.323. The predicted octanol–water partition coefficient (Wildman–Crippen LogP) is 6.81. The molecule has 0 aliphatic heterocycles. The van der Waals surface area contributed by atoms with Crippen LogP contribution in [0.2, 0.25) is 0 Å². The number of aromatic hydroxyl groups is 1. The number of likely N-dealkylation sites (N-methyl/N-ethyl adjacent to an activating group) is 2. The summed E-state index contributed by atoms with van der Waals surface area (Å²) < 4.78 is 0. The SMILES string of the molecule is CN(C)[C@@H]1CCCC[C@H]1N(C)Cc1cc(C(C)(C)C)cc(C(C)(C)C)c1[O-].Oc1ccccc1.[O-]c1ccccc1.[Zn+2]. The van der Waals surface area contributed by atoms with Crippen molar-refractivity contribution in [3.8, 4) is 17.2 Å². The molecule has 0 unspecified atom stereocenters. The zero-order valence-electron chi connectivity index (χ0n) is 27.5. The van der Waals surface area contributed by atoms with Crippen molar-refractivity contribution in [2.75, 3.05) is 21.1 Å². The fourth-order valence-electron chi connectivity index (χ4n) is 5.24. The van der Waals surface area contributed by atoms with Crippen molar-refractivity contribution in [2.24, 2.45) is 0 Å². The summed E-state index contributed by atoms with van der Waals surface area (Å²) in [6, 6.07) is 22.4. The molecule has 5 nitrogen and oxygen atoms in total. The van der Waals surface area contributed by atoms with Crippen molar-refractivity contribution in [3.63, 3.8) is 0 Å². The Balaban J connectivity index is 0.000000476. The van der Waals surface area contributed by atoms with Gasteiger partial charge in [0.1, 0.15) is 5.75 Å². The number of para-hydroxylation sites is 2. The number of hydrogen-bond acceptors (Lipinski definition) is 5. The molecule has 1 aliphatic rings. The summed E-state index contributed by atoms with van der Waals surface area (Å²) in [5.41, 5.74) is 3.08. The van der Waals surface area contributed by atoms with Crippen molar-refractivity contribution in [3.05, 3.63) is 89.5 Å². The van der Waals surface area contributed by atoms with Crippen LogP contribution < -0.4 is 10.2 Å². The molecule has 1 saturated carbocycles. The number of phenols is 1. The molecule has 226 valence electrons. The molecule has 1 aliphatic carbocycles. The second-order valence-corrected chi connectivity index (χ2v) is 13.5. The largest absolute Gasteiger partial charge is 2.00 e. The second kappa shape index (κ2) is 17.0. The third-order valence-corrected chi connectivity index (χ3v) is 7.68. The molecule has 0 radical (unpaired) electrons. The van der Waals surface area contributed by atoms with Crippen LogP contribution in [0, 0.1) is 0 Å². The van der Waals surface area contributed by atoms with E-state index in [2.05, 4.69) is 84.6 Å². The Morgan fingerprint density at radius 2 is 1.24 bits per heavy atom. The topological polar surface area (TPSA) is 72.8 Å². The van der Waals surface area contributed by atoms with Crippen molar-refractivity contribution < 1.29 is 34.8 Å². The van der Waals surface area contributed by atoms with Crippen LogP contribution in [0.4, 0.5) is 0 Å². The van der Waals surface area contributed by atoms with E-state index in [-0.39, 0.29) is 41.8 Å². The molecule has 42 heavy (non-hydrogen) atoms. The molecule has 6 heteroatoms. The molecule has 0 amide bonds. The molecule has 3 aromatic carbocycles. The average Bonchev–Trinajstić information content (AvgIpc) is 2.90. The number of rotatable bonds is 4. The van der Waals surface area contributed by atoms with E-state index in [1.54, 1.807) is 36.4 Å². The van der Waals surface area contributed by atoms with Gasteiger partial charge in [0.2, 0.25) is 0 Å². The normalized spacial score (nSPS) is 16.9. The van der Waals surface area contributed by atoms with Crippen LogP contribution in [0.3, 0.4) is 0 Å². The first-order valence-electron chi connectivity index (χ1n) is 14.8. The Bertz CT molecular complexity index is 1130. The summed E-state index contributed by atoms with van der Waals surface area (Å²) in [5, 5.41) is 32.2. The van der Waals surface area contributed by atoms with Gasteiger partial charge in [0.05, 0.1) is 0 Å². The summed E-state index contributed by atoms with van der Waals surface area (Å²) in [6.45, 7) is 13.9.